The average Bonchev–Trinajstić information content (AvgIpc) is 3.14. The molecule has 0 amide bonds. The maximum absolute atomic E-state index is 17.3. The first-order valence-corrected chi connectivity index (χ1v) is 13.5. The van der Waals surface area contributed by atoms with Gasteiger partial charge in [0.1, 0.15) is 6.61 Å². The molecule has 0 spiro atoms. The van der Waals surface area contributed by atoms with Gasteiger partial charge in [-0.3, -0.25) is 14.1 Å². The number of Topliss-reactive ketones (excluding diaryl/α,β-unsaturated/α-hetero) is 1. The maximum Gasteiger partial charge on any atom is 0.470 e. The normalized spacial score (nSPS) is 48.0. The Morgan fingerprint density at radius 3 is 2.60 bits per heavy atom. The van der Waals surface area contributed by atoms with Crippen LogP contribution < -0.4 is 0 Å². The molecule has 3 saturated carbocycles. The summed E-state index contributed by atoms with van der Waals surface area (Å²) in [5, 5.41) is 11.5. The Bertz CT molecular complexity index is 1100. The number of carbonyl (C=O) groups is 2. The monoisotopic (exact) mass is 514 g/mol. The third kappa shape index (κ3) is 3.24. The predicted octanol–water partition coefficient (Wildman–Crippen LogP) is 2.54. The number of halogens is 1. The number of rotatable bonds is 4. The molecule has 5 aliphatic rings. The molecule has 3 N–H and O–H groups in total. The highest BCUT2D eigenvalue weighted by molar-refractivity contribution is 7.46. The Labute approximate surface area is 202 Å². The lowest BCUT2D eigenvalue weighted by atomic mass is 9.44. The van der Waals surface area contributed by atoms with Gasteiger partial charge in [-0.1, -0.05) is 18.6 Å². The molecule has 0 aromatic rings. The Hall–Kier alpha value is -1.26. The smallest absolute Gasteiger partial charge is 0.390 e. The van der Waals surface area contributed by atoms with Crippen molar-refractivity contribution < 1.29 is 47.4 Å². The minimum atomic E-state index is -4.94. The lowest BCUT2D eigenvalue weighted by molar-refractivity contribution is -0.246. The van der Waals surface area contributed by atoms with Gasteiger partial charge in [0.25, 0.3) is 0 Å². The number of fused-ring (bicyclic) bond motifs is 7. The fraction of sp³-hybridized carbons (Fsp3) is 0.750. The van der Waals surface area contributed by atoms with Crippen molar-refractivity contribution in [2.45, 2.75) is 82.6 Å². The summed E-state index contributed by atoms with van der Waals surface area (Å²) in [7, 11) is -4.94. The largest absolute Gasteiger partial charge is 0.470 e. The minimum Gasteiger partial charge on any atom is -0.390 e. The summed E-state index contributed by atoms with van der Waals surface area (Å²) in [5.74, 6) is -3.17. The molecule has 35 heavy (non-hydrogen) atoms. The second-order valence-electron chi connectivity index (χ2n) is 11.5. The van der Waals surface area contributed by atoms with E-state index in [0.717, 1.165) is 0 Å². The molecule has 0 aromatic carbocycles. The SMILES string of the molecule is CC1(C)O[C@H]2CC3C4CCC5=CC(=O)C=C[C@]5(C)C4(F)[C@@H](O)C[C@]3(C)[C@]2(C(=O)COP(=O)(O)O)O1. The van der Waals surface area contributed by atoms with Crippen LogP contribution in [-0.4, -0.2) is 62.3 Å². The highest BCUT2D eigenvalue weighted by Crippen LogP contribution is 2.72. The van der Waals surface area contributed by atoms with E-state index < -0.39 is 72.1 Å². The Morgan fingerprint density at radius 1 is 1.26 bits per heavy atom. The summed E-state index contributed by atoms with van der Waals surface area (Å²) in [5.41, 5.74) is -5.37. The summed E-state index contributed by atoms with van der Waals surface area (Å²) in [6, 6.07) is 0. The van der Waals surface area contributed by atoms with Crippen LogP contribution in [0.1, 0.15) is 53.4 Å². The second kappa shape index (κ2) is 7.40. The molecular formula is C24H32FO9P. The molecule has 1 aliphatic heterocycles. The van der Waals surface area contributed by atoms with Gasteiger partial charge in [-0.2, -0.15) is 0 Å². The van der Waals surface area contributed by atoms with Crippen molar-refractivity contribution in [1.82, 2.24) is 0 Å². The average molecular weight is 514 g/mol. The topological polar surface area (TPSA) is 140 Å². The number of aliphatic hydroxyl groups is 1. The molecule has 194 valence electrons. The van der Waals surface area contributed by atoms with E-state index in [9.17, 15) is 29.0 Å². The van der Waals surface area contributed by atoms with Crippen LogP contribution in [0.25, 0.3) is 0 Å². The van der Waals surface area contributed by atoms with Crippen LogP contribution >= 0.6 is 7.82 Å². The van der Waals surface area contributed by atoms with Gasteiger partial charge < -0.3 is 24.4 Å². The van der Waals surface area contributed by atoms with Gasteiger partial charge in [-0.05, 0) is 64.5 Å². The Morgan fingerprint density at radius 2 is 1.94 bits per heavy atom. The first kappa shape index (κ1) is 25.4. The van der Waals surface area contributed by atoms with E-state index in [1.54, 1.807) is 33.8 Å². The first-order valence-electron chi connectivity index (χ1n) is 11.9. The second-order valence-corrected chi connectivity index (χ2v) is 12.8. The molecule has 0 radical (unpaired) electrons. The molecule has 5 rings (SSSR count). The van der Waals surface area contributed by atoms with Crippen molar-refractivity contribution in [1.29, 1.82) is 0 Å². The number of ether oxygens (including phenoxy) is 2. The van der Waals surface area contributed by atoms with Gasteiger partial charge in [-0.15, -0.1) is 0 Å². The zero-order chi connectivity index (χ0) is 25.8. The molecule has 4 aliphatic carbocycles. The lowest BCUT2D eigenvalue weighted by Gasteiger charge is -2.62. The third-order valence-electron chi connectivity index (χ3n) is 9.41. The molecule has 11 heteroatoms. The van der Waals surface area contributed by atoms with Crippen LogP contribution in [0.3, 0.4) is 0 Å². The third-order valence-corrected chi connectivity index (χ3v) is 9.88. The van der Waals surface area contributed by atoms with Crippen molar-refractivity contribution >= 4 is 19.4 Å². The number of phosphoric ester groups is 1. The highest BCUT2D eigenvalue weighted by Gasteiger charge is 2.80. The van der Waals surface area contributed by atoms with E-state index in [4.69, 9.17) is 9.47 Å². The summed E-state index contributed by atoms with van der Waals surface area (Å²) in [6.45, 7) is 5.86. The van der Waals surface area contributed by atoms with Crippen molar-refractivity contribution in [2.24, 2.45) is 22.7 Å². The summed E-state index contributed by atoms with van der Waals surface area (Å²) in [4.78, 5) is 44.0. The number of aliphatic hydroxyl groups excluding tert-OH is 1. The zero-order valence-electron chi connectivity index (χ0n) is 20.2. The number of allylic oxidation sites excluding steroid dienone is 4. The molecule has 4 fully saturated rings. The molecule has 9 nitrogen and oxygen atoms in total. The van der Waals surface area contributed by atoms with Crippen LogP contribution in [0, 0.1) is 22.7 Å². The summed E-state index contributed by atoms with van der Waals surface area (Å²) < 4.78 is 45.5. The van der Waals surface area contributed by atoms with Crippen LogP contribution in [0.15, 0.2) is 23.8 Å². The standard InChI is InChI=1S/C24H32FO9P/c1-20(2)33-19-10-16-15-6-5-13-9-14(26)7-8-21(13,3)23(15,25)17(27)11-22(16,4)24(19,34-20)18(28)12-32-35(29,30)31/h7-9,15-17,19,27H,5-6,10-12H2,1-4H3,(H2,29,30,31)/t15?,16?,17-,19-,21-,22-,23?,24+/m0/s1. The van der Waals surface area contributed by atoms with Crippen molar-refractivity contribution in [3.63, 3.8) is 0 Å². The molecule has 0 aromatic heterocycles. The lowest BCUT2D eigenvalue weighted by Crippen LogP contribution is -2.70. The van der Waals surface area contributed by atoms with Gasteiger partial charge in [0.15, 0.2) is 28.6 Å². The fourth-order valence-electron chi connectivity index (χ4n) is 8.06. The number of ketones is 2. The number of carbonyl (C=O) groups excluding carboxylic acids is 2. The van der Waals surface area contributed by atoms with Gasteiger partial charge in [0, 0.05) is 16.7 Å². The molecule has 1 heterocycles. The molecule has 0 bridgehead atoms. The number of alkyl halides is 1. The molecule has 3 unspecified atom stereocenters. The Balaban J connectivity index is 1.59. The minimum absolute atomic E-state index is 0.132. The molecule has 1 saturated heterocycles. The van der Waals surface area contributed by atoms with E-state index in [2.05, 4.69) is 4.52 Å². The molecule has 8 atom stereocenters. The number of hydrogen-bond donors (Lipinski definition) is 3. The first-order chi connectivity index (χ1) is 16.0. The van der Waals surface area contributed by atoms with Crippen LogP contribution in [0.5, 0.6) is 0 Å². The van der Waals surface area contributed by atoms with E-state index in [1.807, 2.05) is 0 Å². The van der Waals surface area contributed by atoms with Gasteiger partial charge in [-0.25, -0.2) is 8.96 Å². The van der Waals surface area contributed by atoms with Crippen LogP contribution in [0.2, 0.25) is 0 Å². The van der Waals surface area contributed by atoms with E-state index >= 15 is 4.39 Å². The quantitative estimate of drug-likeness (QED) is 0.483. The van der Waals surface area contributed by atoms with Crippen molar-refractivity contribution in [3.8, 4) is 0 Å². The van der Waals surface area contributed by atoms with E-state index in [-0.39, 0.29) is 18.6 Å². The van der Waals surface area contributed by atoms with E-state index in [0.29, 0.717) is 18.4 Å². The number of phosphoric acid groups is 1. The van der Waals surface area contributed by atoms with Gasteiger partial charge >= 0.3 is 7.82 Å². The van der Waals surface area contributed by atoms with Crippen LogP contribution in [0.4, 0.5) is 4.39 Å². The fourth-order valence-corrected chi connectivity index (χ4v) is 8.34. The zero-order valence-corrected chi connectivity index (χ0v) is 21.1. The summed E-state index contributed by atoms with van der Waals surface area (Å²) >= 11 is 0. The Kier molecular flexibility index (Phi) is 5.37. The van der Waals surface area contributed by atoms with Crippen LogP contribution in [-0.2, 0) is 28.2 Å². The predicted molar refractivity (Wildman–Crippen MR) is 120 cm³/mol. The highest BCUT2D eigenvalue weighted by atomic mass is 31.2. The maximum atomic E-state index is 17.3. The van der Waals surface area contributed by atoms with Gasteiger partial charge in [0.2, 0.25) is 0 Å². The van der Waals surface area contributed by atoms with Crippen molar-refractivity contribution in [2.75, 3.05) is 6.61 Å². The molecular weight excluding hydrogens is 482 g/mol. The van der Waals surface area contributed by atoms with Crippen molar-refractivity contribution in [3.05, 3.63) is 23.8 Å². The summed E-state index contributed by atoms with van der Waals surface area (Å²) in [6.07, 6.45) is 3.06. The van der Waals surface area contributed by atoms with Gasteiger partial charge in [0.05, 0.1) is 12.2 Å². The van der Waals surface area contributed by atoms with E-state index in [1.165, 1.54) is 12.2 Å². The number of hydrogen-bond acceptors (Lipinski definition) is 7.